The van der Waals surface area contributed by atoms with Crippen LogP contribution in [0.1, 0.15) is 17.0 Å². The van der Waals surface area contributed by atoms with E-state index in [2.05, 4.69) is 26.4 Å². The van der Waals surface area contributed by atoms with E-state index in [0.29, 0.717) is 36.2 Å². The first-order valence-electron chi connectivity index (χ1n) is 6.85. The van der Waals surface area contributed by atoms with E-state index in [4.69, 9.17) is 14.0 Å². The van der Waals surface area contributed by atoms with Crippen LogP contribution in [-0.4, -0.2) is 24.3 Å². The molecule has 0 unspecified atom stereocenters. The highest BCUT2D eigenvalue weighted by Crippen LogP contribution is 2.38. The molecule has 7 heteroatoms. The third kappa shape index (κ3) is 2.94. The smallest absolute Gasteiger partial charge is 0.229 e. The van der Waals surface area contributed by atoms with Crippen LogP contribution in [0, 0.1) is 13.8 Å². The summed E-state index contributed by atoms with van der Waals surface area (Å²) < 4.78 is 16.8. The molecule has 0 fully saturated rings. The minimum atomic E-state index is -0.147. The molecular formula is C15H15BrN2O4. The number of anilines is 1. The van der Waals surface area contributed by atoms with Crippen LogP contribution in [0.25, 0.3) is 0 Å². The van der Waals surface area contributed by atoms with Crippen molar-refractivity contribution in [2.45, 2.75) is 20.3 Å². The van der Waals surface area contributed by atoms with Gasteiger partial charge in [0.15, 0.2) is 11.5 Å². The van der Waals surface area contributed by atoms with E-state index in [1.54, 1.807) is 19.1 Å². The van der Waals surface area contributed by atoms with Crippen LogP contribution in [0.15, 0.2) is 21.1 Å². The molecule has 3 rings (SSSR count). The maximum atomic E-state index is 12.2. The van der Waals surface area contributed by atoms with Gasteiger partial charge in [0.05, 0.1) is 17.8 Å². The van der Waals surface area contributed by atoms with E-state index in [1.807, 2.05) is 6.92 Å². The van der Waals surface area contributed by atoms with Gasteiger partial charge in [-0.15, -0.1) is 0 Å². The summed E-state index contributed by atoms with van der Waals surface area (Å²) in [5.41, 5.74) is 2.18. The standard InChI is InChI=1S/C15H15BrN2O4/c1-8-10(9(2)22-18-8)5-15(19)17-12-7-14-13(6-11(12)16)20-3-4-21-14/h6-7H,3-5H2,1-2H3,(H,17,19). The first-order valence-corrected chi connectivity index (χ1v) is 7.64. The predicted octanol–water partition coefficient (Wildman–Crippen LogP) is 3.01. The van der Waals surface area contributed by atoms with E-state index in [1.165, 1.54) is 0 Å². The number of hydrogen-bond donors (Lipinski definition) is 1. The molecule has 1 N–H and O–H groups in total. The van der Waals surface area contributed by atoms with Crippen LogP contribution < -0.4 is 14.8 Å². The predicted molar refractivity (Wildman–Crippen MR) is 83.4 cm³/mol. The molecule has 1 aromatic carbocycles. The minimum Gasteiger partial charge on any atom is -0.486 e. The van der Waals surface area contributed by atoms with Crippen molar-refractivity contribution in [1.29, 1.82) is 0 Å². The van der Waals surface area contributed by atoms with Gasteiger partial charge in [0.1, 0.15) is 19.0 Å². The fourth-order valence-corrected chi connectivity index (χ4v) is 2.69. The normalized spacial score (nSPS) is 13.0. The van der Waals surface area contributed by atoms with Gasteiger partial charge in [0.25, 0.3) is 0 Å². The second kappa shape index (κ2) is 6.00. The van der Waals surface area contributed by atoms with Gasteiger partial charge in [-0.1, -0.05) is 5.16 Å². The zero-order chi connectivity index (χ0) is 15.7. The molecule has 116 valence electrons. The van der Waals surface area contributed by atoms with E-state index >= 15 is 0 Å². The molecule has 1 aliphatic rings. The topological polar surface area (TPSA) is 73.6 Å². The molecule has 1 amide bonds. The number of carbonyl (C=O) groups is 1. The molecule has 1 aliphatic heterocycles. The van der Waals surface area contributed by atoms with Gasteiger partial charge in [-0.25, -0.2) is 0 Å². The number of benzene rings is 1. The average molecular weight is 367 g/mol. The van der Waals surface area contributed by atoms with Crippen molar-refractivity contribution in [3.63, 3.8) is 0 Å². The summed E-state index contributed by atoms with van der Waals surface area (Å²) in [4.78, 5) is 12.2. The molecule has 22 heavy (non-hydrogen) atoms. The zero-order valence-corrected chi connectivity index (χ0v) is 13.8. The molecule has 2 heterocycles. The summed E-state index contributed by atoms with van der Waals surface area (Å²) >= 11 is 3.43. The highest BCUT2D eigenvalue weighted by molar-refractivity contribution is 9.10. The summed E-state index contributed by atoms with van der Waals surface area (Å²) in [5.74, 6) is 1.81. The molecule has 0 aliphatic carbocycles. The van der Waals surface area contributed by atoms with Crippen LogP contribution in [0.2, 0.25) is 0 Å². The molecule has 0 radical (unpaired) electrons. The lowest BCUT2D eigenvalue weighted by atomic mass is 10.1. The summed E-state index contributed by atoms with van der Waals surface area (Å²) in [6, 6.07) is 3.55. The van der Waals surface area contributed by atoms with Gasteiger partial charge in [0.2, 0.25) is 5.91 Å². The number of aromatic nitrogens is 1. The van der Waals surface area contributed by atoms with Crippen molar-refractivity contribution in [1.82, 2.24) is 5.16 Å². The first kappa shape index (κ1) is 14.9. The second-order valence-electron chi connectivity index (χ2n) is 5.00. The SMILES string of the molecule is Cc1noc(C)c1CC(=O)Nc1cc2c(cc1Br)OCCO2. The number of hydrogen-bond acceptors (Lipinski definition) is 5. The summed E-state index contributed by atoms with van der Waals surface area (Å²) in [5, 5.41) is 6.71. The number of ether oxygens (including phenoxy) is 2. The molecule has 0 atom stereocenters. The molecule has 0 spiro atoms. The largest absolute Gasteiger partial charge is 0.486 e. The molecule has 1 aromatic heterocycles. The molecule has 2 aromatic rings. The number of rotatable bonds is 3. The molecule has 0 saturated heterocycles. The highest BCUT2D eigenvalue weighted by Gasteiger charge is 2.18. The van der Waals surface area contributed by atoms with Gasteiger partial charge in [-0.2, -0.15) is 0 Å². The number of carbonyl (C=O) groups excluding carboxylic acids is 1. The highest BCUT2D eigenvalue weighted by atomic mass is 79.9. The molecule has 0 saturated carbocycles. The Morgan fingerprint density at radius 3 is 2.59 bits per heavy atom. The van der Waals surface area contributed by atoms with E-state index < -0.39 is 0 Å². The molecule has 0 bridgehead atoms. The minimum absolute atomic E-state index is 0.147. The van der Waals surface area contributed by atoms with Crippen molar-refractivity contribution in [3.8, 4) is 11.5 Å². The number of nitrogens with zero attached hydrogens (tertiary/aromatic N) is 1. The van der Waals surface area contributed by atoms with Gasteiger partial charge < -0.3 is 19.3 Å². The van der Waals surface area contributed by atoms with Gasteiger partial charge in [-0.05, 0) is 29.8 Å². The first-order chi connectivity index (χ1) is 10.5. The lowest BCUT2D eigenvalue weighted by molar-refractivity contribution is -0.115. The Bertz CT molecular complexity index is 707. The van der Waals surface area contributed by atoms with Gasteiger partial charge >= 0.3 is 0 Å². The van der Waals surface area contributed by atoms with Crippen LogP contribution in [0.5, 0.6) is 11.5 Å². The van der Waals surface area contributed by atoms with Crippen molar-refractivity contribution < 1.29 is 18.8 Å². The Morgan fingerprint density at radius 1 is 1.27 bits per heavy atom. The summed E-state index contributed by atoms with van der Waals surface area (Å²) in [6.45, 7) is 4.64. The maximum Gasteiger partial charge on any atom is 0.229 e. The number of halogens is 1. The van der Waals surface area contributed by atoms with Gasteiger partial charge in [-0.3, -0.25) is 4.79 Å². The monoisotopic (exact) mass is 366 g/mol. The third-order valence-electron chi connectivity index (χ3n) is 3.42. The number of aryl methyl sites for hydroxylation is 2. The zero-order valence-electron chi connectivity index (χ0n) is 12.2. The van der Waals surface area contributed by atoms with Crippen LogP contribution in [-0.2, 0) is 11.2 Å². The molecular weight excluding hydrogens is 352 g/mol. The van der Waals surface area contributed by atoms with Crippen molar-refractivity contribution >= 4 is 27.5 Å². The molecule has 6 nitrogen and oxygen atoms in total. The fourth-order valence-electron chi connectivity index (χ4n) is 2.27. The Hall–Kier alpha value is -2.02. The Labute approximate surface area is 135 Å². The average Bonchev–Trinajstić information content (AvgIpc) is 2.80. The number of nitrogens with one attached hydrogen (secondary N) is 1. The maximum absolute atomic E-state index is 12.2. The Morgan fingerprint density at radius 2 is 1.95 bits per heavy atom. The fraction of sp³-hybridized carbons (Fsp3) is 0.333. The number of fused-ring (bicyclic) bond motifs is 1. The quantitative estimate of drug-likeness (QED) is 0.903. The van der Waals surface area contributed by atoms with Crippen LogP contribution >= 0.6 is 15.9 Å². The summed E-state index contributed by atoms with van der Waals surface area (Å²) in [6.07, 6.45) is 0.210. The second-order valence-corrected chi connectivity index (χ2v) is 5.86. The van der Waals surface area contributed by atoms with E-state index in [-0.39, 0.29) is 12.3 Å². The number of amides is 1. The van der Waals surface area contributed by atoms with Crippen molar-refractivity contribution in [2.75, 3.05) is 18.5 Å². The lowest BCUT2D eigenvalue weighted by Crippen LogP contribution is -2.18. The van der Waals surface area contributed by atoms with Crippen LogP contribution in [0.3, 0.4) is 0 Å². The van der Waals surface area contributed by atoms with E-state index in [9.17, 15) is 4.79 Å². The Balaban J connectivity index is 1.77. The Kier molecular flexibility index (Phi) is 4.06. The van der Waals surface area contributed by atoms with Crippen molar-refractivity contribution in [3.05, 3.63) is 33.6 Å². The van der Waals surface area contributed by atoms with E-state index in [0.717, 1.165) is 15.7 Å². The van der Waals surface area contributed by atoms with Gasteiger partial charge in [0, 0.05) is 22.2 Å². The van der Waals surface area contributed by atoms with Crippen molar-refractivity contribution in [2.24, 2.45) is 0 Å². The summed E-state index contributed by atoms with van der Waals surface area (Å²) in [7, 11) is 0. The third-order valence-corrected chi connectivity index (χ3v) is 4.08. The lowest BCUT2D eigenvalue weighted by Gasteiger charge is -2.20. The van der Waals surface area contributed by atoms with Crippen LogP contribution in [0.4, 0.5) is 5.69 Å².